The number of nitro groups is 1. The third-order valence-electron chi connectivity index (χ3n) is 5.24. The van der Waals surface area contributed by atoms with Gasteiger partial charge in [0.1, 0.15) is 17.3 Å². The minimum absolute atomic E-state index is 0.160. The van der Waals surface area contributed by atoms with Crippen LogP contribution in [0.2, 0.25) is 0 Å². The highest BCUT2D eigenvalue weighted by molar-refractivity contribution is 9.10. The summed E-state index contributed by atoms with van der Waals surface area (Å²) in [5.74, 6) is -1.50. The van der Waals surface area contributed by atoms with Gasteiger partial charge in [-0.3, -0.25) is 24.6 Å². The monoisotopic (exact) mass is 523 g/mol. The molecular weight excluding hydrogens is 506 g/mol. The Morgan fingerprint density at radius 1 is 1.18 bits per heavy atom. The van der Waals surface area contributed by atoms with Crippen molar-refractivity contribution in [2.24, 2.45) is 0 Å². The van der Waals surface area contributed by atoms with Gasteiger partial charge in [-0.1, -0.05) is 12.1 Å². The van der Waals surface area contributed by atoms with Crippen molar-refractivity contribution in [3.05, 3.63) is 98.1 Å². The van der Waals surface area contributed by atoms with Gasteiger partial charge in [0.05, 0.1) is 23.1 Å². The molecule has 0 saturated carbocycles. The van der Waals surface area contributed by atoms with E-state index in [1.165, 1.54) is 30.5 Å². The van der Waals surface area contributed by atoms with Crippen molar-refractivity contribution in [1.82, 2.24) is 4.98 Å². The van der Waals surface area contributed by atoms with Crippen LogP contribution in [-0.4, -0.2) is 33.3 Å². The minimum Gasteiger partial charge on any atom is -0.507 e. The van der Waals surface area contributed by atoms with Gasteiger partial charge in [0.2, 0.25) is 0 Å². The van der Waals surface area contributed by atoms with Gasteiger partial charge in [-0.05, 0) is 64.8 Å². The zero-order valence-electron chi connectivity index (χ0n) is 17.8. The molecule has 1 fully saturated rings. The maximum Gasteiger partial charge on any atom is 0.301 e. The van der Waals surface area contributed by atoms with Crippen LogP contribution in [0, 0.1) is 10.1 Å². The number of non-ortho nitro benzene ring substituents is 1. The molecule has 2 heterocycles. The van der Waals surface area contributed by atoms with E-state index in [0.29, 0.717) is 22.4 Å². The molecule has 3 aromatic rings. The average molecular weight is 524 g/mol. The van der Waals surface area contributed by atoms with E-state index in [1.807, 2.05) is 6.92 Å². The number of nitrogens with zero attached hydrogens (tertiary/aromatic N) is 3. The summed E-state index contributed by atoms with van der Waals surface area (Å²) in [7, 11) is 0. The zero-order valence-corrected chi connectivity index (χ0v) is 19.4. The first kappa shape index (κ1) is 23.1. The van der Waals surface area contributed by atoms with E-state index in [0.717, 1.165) is 4.90 Å². The van der Waals surface area contributed by atoms with Gasteiger partial charge in [-0.2, -0.15) is 0 Å². The number of nitro benzene ring substituents is 1. The Balaban J connectivity index is 1.91. The van der Waals surface area contributed by atoms with Crippen LogP contribution in [0.25, 0.3) is 5.76 Å². The first-order valence-corrected chi connectivity index (χ1v) is 11.0. The van der Waals surface area contributed by atoms with Gasteiger partial charge < -0.3 is 9.84 Å². The van der Waals surface area contributed by atoms with Crippen molar-refractivity contribution in [3.8, 4) is 5.75 Å². The number of rotatable bonds is 6. The summed E-state index contributed by atoms with van der Waals surface area (Å²) in [4.78, 5) is 42.4. The molecule has 1 N–H and O–H groups in total. The number of carbonyl (C=O) groups excluding carboxylic acids is 2. The van der Waals surface area contributed by atoms with Crippen molar-refractivity contribution >= 4 is 44.9 Å². The number of ketones is 1. The number of hydrogen-bond acceptors (Lipinski definition) is 7. The molecule has 0 radical (unpaired) electrons. The third-order valence-corrected chi connectivity index (χ3v) is 5.71. The lowest BCUT2D eigenvalue weighted by Gasteiger charge is -2.24. The van der Waals surface area contributed by atoms with E-state index in [9.17, 15) is 24.8 Å². The number of aliphatic hydroxyl groups excluding tert-OH is 1. The van der Waals surface area contributed by atoms with Gasteiger partial charge in [-0.15, -0.1) is 0 Å². The smallest absolute Gasteiger partial charge is 0.301 e. The third kappa shape index (κ3) is 4.27. The Bertz CT molecular complexity index is 1310. The molecule has 34 heavy (non-hydrogen) atoms. The molecule has 1 aliphatic heterocycles. The van der Waals surface area contributed by atoms with Gasteiger partial charge >= 0.3 is 5.91 Å². The fraction of sp³-hybridized carbons (Fsp3) is 0.125. The van der Waals surface area contributed by atoms with E-state index in [-0.39, 0.29) is 22.6 Å². The van der Waals surface area contributed by atoms with E-state index < -0.39 is 28.4 Å². The average Bonchev–Trinajstić information content (AvgIpc) is 3.10. The topological polar surface area (TPSA) is 123 Å². The predicted octanol–water partition coefficient (Wildman–Crippen LogP) is 4.78. The molecule has 0 bridgehead atoms. The van der Waals surface area contributed by atoms with E-state index >= 15 is 0 Å². The van der Waals surface area contributed by atoms with Crippen LogP contribution in [0.4, 0.5) is 11.5 Å². The Kier molecular flexibility index (Phi) is 6.42. The number of ether oxygens (including phenoxy) is 1. The molecule has 1 saturated heterocycles. The zero-order chi connectivity index (χ0) is 24.4. The summed E-state index contributed by atoms with van der Waals surface area (Å²) in [6.45, 7) is 2.30. The van der Waals surface area contributed by atoms with Gasteiger partial charge in [-0.25, -0.2) is 4.98 Å². The first-order valence-electron chi connectivity index (χ1n) is 10.2. The number of aliphatic hydroxyl groups is 1. The normalized spacial score (nSPS) is 17.1. The number of aromatic nitrogens is 1. The van der Waals surface area contributed by atoms with Crippen LogP contribution >= 0.6 is 15.9 Å². The van der Waals surface area contributed by atoms with Gasteiger partial charge in [0.15, 0.2) is 0 Å². The summed E-state index contributed by atoms with van der Waals surface area (Å²) in [5, 5.41) is 22.5. The first-order chi connectivity index (χ1) is 16.3. The lowest BCUT2D eigenvalue weighted by molar-refractivity contribution is -0.384. The molecule has 2 aromatic carbocycles. The standard InChI is InChI=1S/C24H18BrN3O6/c1-2-34-18-9-6-14(7-10-18)22(29)20-21(15-4-3-5-17(12-15)28(32)33)27(24(31)23(20)30)19-11-8-16(25)13-26-19/h3-13,21,29H,2H2,1H3. The lowest BCUT2D eigenvalue weighted by Crippen LogP contribution is -2.30. The number of Topliss-reactive ketones (excluding diaryl/α,β-unsaturated/α-hetero) is 1. The van der Waals surface area contributed by atoms with E-state index in [2.05, 4.69) is 20.9 Å². The number of halogens is 1. The molecule has 1 unspecified atom stereocenters. The van der Waals surface area contributed by atoms with Crippen LogP contribution in [-0.2, 0) is 9.59 Å². The molecule has 1 atom stereocenters. The molecule has 0 spiro atoms. The van der Waals surface area contributed by atoms with Gasteiger partial charge in [0.25, 0.3) is 11.5 Å². The number of carbonyl (C=O) groups is 2. The fourth-order valence-electron chi connectivity index (χ4n) is 3.73. The van der Waals surface area contributed by atoms with E-state index in [1.54, 1.807) is 36.4 Å². The van der Waals surface area contributed by atoms with Crippen molar-refractivity contribution in [2.45, 2.75) is 13.0 Å². The second-order valence-corrected chi connectivity index (χ2v) is 8.23. The Morgan fingerprint density at radius 2 is 1.91 bits per heavy atom. The fourth-order valence-corrected chi connectivity index (χ4v) is 3.97. The maximum atomic E-state index is 13.1. The largest absolute Gasteiger partial charge is 0.507 e. The molecule has 9 nitrogen and oxygen atoms in total. The Morgan fingerprint density at radius 3 is 2.53 bits per heavy atom. The summed E-state index contributed by atoms with van der Waals surface area (Å²) < 4.78 is 6.07. The number of anilines is 1. The van der Waals surface area contributed by atoms with Crippen molar-refractivity contribution in [1.29, 1.82) is 0 Å². The van der Waals surface area contributed by atoms with E-state index in [4.69, 9.17) is 4.74 Å². The molecule has 172 valence electrons. The van der Waals surface area contributed by atoms with Crippen molar-refractivity contribution < 1.29 is 24.4 Å². The highest BCUT2D eigenvalue weighted by atomic mass is 79.9. The Hall–Kier alpha value is -4.05. The quantitative estimate of drug-likeness (QED) is 0.162. The summed E-state index contributed by atoms with van der Waals surface area (Å²) >= 11 is 3.28. The van der Waals surface area contributed by atoms with Crippen molar-refractivity contribution in [3.63, 3.8) is 0 Å². The van der Waals surface area contributed by atoms with Crippen molar-refractivity contribution in [2.75, 3.05) is 11.5 Å². The summed E-state index contributed by atoms with van der Waals surface area (Å²) in [5.41, 5.74) is 0.165. The lowest BCUT2D eigenvalue weighted by atomic mass is 9.95. The van der Waals surface area contributed by atoms with Crippen LogP contribution in [0.1, 0.15) is 24.1 Å². The van der Waals surface area contributed by atoms with Gasteiger partial charge in [0, 0.05) is 28.4 Å². The number of hydrogen-bond donors (Lipinski definition) is 1. The summed E-state index contributed by atoms with van der Waals surface area (Å²) in [6, 6.07) is 14.1. The SMILES string of the molecule is CCOc1ccc(C(O)=C2C(=O)C(=O)N(c3ccc(Br)cn3)C2c2cccc([N+](=O)[O-])c2)cc1. The van der Waals surface area contributed by atoms with Crippen LogP contribution in [0.3, 0.4) is 0 Å². The molecule has 10 heteroatoms. The molecule has 4 rings (SSSR count). The predicted molar refractivity (Wildman–Crippen MR) is 127 cm³/mol. The maximum absolute atomic E-state index is 13.1. The molecule has 0 aliphatic carbocycles. The molecular formula is C24H18BrN3O6. The molecule has 1 aromatic heterocycles. The summed E-state index contributed by atoms with van der Waals surface area (Å²) in [6.07, 6.45) is 1.46. The second-order valence-electron chi connectivity index (χ2n) is 7.31. The number of pyridine rings is 1. The number of benzene rings is 2. The van der Waals surface area contributed by atoms with Crippen LogP contribution in [0.15, 0.2) is 76.9 Å². The highest BCUT2D eigenvalue weighted by Crippen LogP contribution is 2.42. The van der Waals surface area contributed by atoms with Crippen LogP contribution < -0.4 is 9.64 Å². The highest BCUT2D eigenvalue weighted by Gasteiger charge is 2.47. The molecule has 1 amide bonds. The Labute approximate surface area is 202 Å². The number of amides is 1. The second kappa shape index (κ2) is 9.44. The molecule has 1 aliphatic rings. The van der Waals surface area contributed by atoms with Crippen LogP contribution in [0.5, 0.6) is 5.75 Å². The minimum atomic E-state index is -1.12.